The summed E-state index contributed by atoms with van der Waals surface area (Å²) in [7, 11) is 0. The molecule has 0 aliphatic carbocycles. The fourth-order valence-corrected chi connectivity index (χ4v) is 2.86. The van der Waals surface area contributed by atoms with Gasteiger partial charge in [-0.2, -0.15) is 0 Å². The zero-order chi connectivity index (χ0) is 15.4. The summed E-state index contributed by atoms with van der Waals surface area (Å²) >= 11 is 0. The third-order valence-electron chi connectivity index (χ3n) is 3.07. The molecule has 116 valence electrons. The number of carbonyl (C=O) groups is 2. The molecule has 1 saturated heterocycles. The molecule has 0 saturated carbocycles. The Hall–Kier alpha value is -0.940. The molecule has 0 aromatic rings. The highest BCUT2D eigenvalue weighted by molar-refractivity contribution is 5.84. The number of ketones is 1. The fourth-order valence-electron chi connectivity index (χ4n) is 2.86. The molecule has 1 rings (SSSR count). The highest BCUT2D eigenvalue weighted by Gasteiger charge is 2.38. The molecule has 0 atom stereocenters. The summed E-state index contributed by atoms with van der Waals surface area (Å²) in [6.45, 7) is 12.1. The van der Waals surface area contributed by atoms with E-state index in [9.17, 15) is 9.59 Å². The van der Waals surface area contributed by atoms with Gasteiger partial charge in [-0.15, -0.1) is 0 Å². The van der Waals surface area contributed by atoms with Crippen molar-refractivity contribution in [3.63, 3.8) is 0 Å². The van der Waals surface area contributed by atoms with Gasteiger partial charge in [0.2, 0.25) is 0 Å². The predicted octanol–water partition coefficient (Wildman–Crippen LogP) is 1.79. The van der Waals surface area contributed by atoms with Crippen molar-refractivity contribution in [1.29, 1.82) is 0 Å². The van der Waals surface area contributed by atoms with Crippen molar-refractivity contribution in [3.05, 3.63) is 0 Å². The number of rotatable bonds is 6. The van der Waals surface area contributed by atoms with Gasteiger partial charge in [0.1, 0.15) is 5.78 Å². The number of carbonyl (C=O) groups excluding carboxylic acids is 2. The number of nitrogens with zero attached hydrogens (tertiary/aromatic N) is 1. The lowest BCUT2D eigenvalue weighted by atomic mass is 9.98. The summed E-state index contributed by atoms with van der Waals surface area (Å²) in [6, 6.07) is 0. The van der Waals surface area contributed by atoms with Gasteiger partial charge in [-0.3, -0.25) is 14.5 Å². The molecule has 5 nitrogen and oxygen atoms in total. The van der Waals surface area contributed by atoms with Crippen LogP contribution >= 0.6 is 0 Å². The van der Waals surface area contributed by atoms with Crippen LogP contribution in [0, 0.1) is 0 Å². The van der Waals surface area contributed by atoms with E-state index in [1.165, 1.54) is 0 Å². The van der Waals surface area contributed by atoms with Crippen LogP contribution in [0.1, 0.15) is 47.5 Å². The van der Waals surface area contributed by atoms with Crippen molar-refractivity contribution in [1.82, 2.24) is 4.90 Å². The molecule has 1 heterocycles. The van der Waals surface area contributed by atoms with Crippen molar-refractivity contribution in [2.24, 2.45) is 0 Å². The molecule has 0 radical (unpaired) electrons. The van der Waals surface area contributed by atoms with E-state index in [0.29, 0.717) is 13.2 Å². The normalized spacial score (nSPS) is 21.4. The minimum Gasteiger partial charge on any atom is -0.466 e. The number of hydrogen-bond acceptors (Lipinski definition) is 5. The Morgan fingerprint density at radius 1 is 1.10 bits per heavy atom. The molecule has 0 amide bonds. The monoisotopic (exact) mass is 285 g/mol. The molecule has 5 heteroatoms. The van der Waals surface area contributed by atoms with E-state index in [4.69, 9.17) is 9.47 Å². The van der Waals surface area contributed by atoms with Crippen LogP contribution in [0.15, 0.2) is 0 Å². The maximum absolute atomic E-state index is 12.0. The maximum atomic E-state index is 12.0. The van der Waals surface area contributed by atoms with E-state index >= 15 is 0 Å². The molecule has 0 unspecified atom stereocenters. The van der Waals surface area contributed by atoms with Crippen molar-refractivity contribution >= 4 is 11.8 Å². The van der Waals surface area contributed by atoms with E-state index in [-0.39, 0.29) is 35.8 Å². The number of ether oxygens (including phenoxy) is 2. The van der Waals surface area contributed by atoms with E-state index < -0.39 is 0 Å². The van der Waals surface area contributed by atoms with Crippen molar-refractivity contribution in [2.45, 2.75) is 58.7 Å². The molecule has 0 N–H and O–H groups in total. The first kappa shape index (κ1) is 17.1. The quantitative estimate of drug-likeness (QED) is 0.696. The largest absolute Gasteiger partial charge is 0.466 e. The van der Waals surface area contributed by atoms with Gasteiger partial charge < -0.3 is 9.47 Å². The van der Waals surface area contributed by atoms with Crippen LogP contribution in [-0.4, -0.2) is 54.1 Å². The van der Waals surface area contributed by atoms with Gasteiger partial charge in [0.05, 0.1) is 30.8 Å². The maximum Gasteiger partial charge on any atom is 0.306 e. The predicted molar refractivity (Wildman–Crippen MR) is 76.6 cm³/mol. The lowest BCUT2D eigenvalue weighted by molar-refractivity contribution is -0.181. The number of hydrogen-bond donors (Lipinski definition) is 0. The van der Waals surface area contributed by atoms with Crippen LogP contribution in [0.2, 0.25) is 0 Å². The van der Waals surface area contributed by atoms with Crippen LogP contribution in [0.5, 0.6) is 0 Å². The van der Waals surface area contributed by atoms with Crippen molar-refractivity contribution in [2.75, 3.05) is 26.2 Å². The third kappa shape index (κ3) is 6.01. The third-order valence-corrected chi connectivity index (χ3v) is 3.07. The molecular formula is C15H27NO4. The Morgan fingerprint density at radius 3 is 2.15 bits per heavy atom. The van der Waals surface area contributed by atoms with E-state index in [1.807, 2.05) is 27.7 Å². The van der Waals surface area contributed by atoms with Gasteiger partial charge in [0, 0.05) is 19.5 Å². The second-order valence-corrected chi connectivity index (χ2v) is 6.61. The SMILES string of the molecule is CCOC(=O)CCC(=O)CN1CC(C)(C)OC(C)(C)C1. The minimum atomic E-state index is -0.302. The van der Waals surface area contributed by atoms with Crippen LogP contribution < -0.4 is 0 Å². The Morgan fingerprint density at radius 2 is 1.65 bits per heavy atom. The molecule has 1 fully saturated rings. The summed E-state index contributed by atoms with van der Waals surface area (Å²) < 4.78 is 10.8. The van der Waals surface area contributed by atoms with E-state index in [2.05, 4.69) is 4.90 Å². The lowest BCUT2D eigenvalue weighted by Crippen LogP contribution is -2.58. The number of Topliss-reactive ketones (excluding diaryl/α,β-unsaturated/α-hetero) is 1. The summed E-state index contributed by atoms with van der Waals surface area (Å²) in [6.07, 6.45) is 0.418. The first-order valence-corrected chi connectivity index (χ1v) is 7.23. The standard InChI is InChI=1S/C15H27NO4/c1-6-19-13(18)8-7-12(17)9-16-10-14(2,3)20-15(4,5)11-16/h6-11H2,1-5H3. The van der Waals surface area contributed by atoms with Gasteiger partial charge in [-0.05, 0) is 34.6 Å². The Bertz CT molecular complexity index is 347. The van der Waals surface area contributed by atoms with Crippen LogP contribution in [0.4, 0.5) is 0 Å². The fraction of sp³-hybridized carbons (Fsp3) is 0.867. The molecule has 0 aromatic heterocycles. The van der Waals surface area contributed by atoms with Gasteiger partial charge in [-0.1, -0.05) is 0 Å². The zero-order valence-corrected chi connectivity index (χ0v) is 13.3. The average Bonchev–Trinajstić information content (AvgIpc) is 2.22. The van der Waals surface area contributed by atoms with Crippen molar-refractivity contribution in [3.8, 4) is 0 Å². The molecule has 1 aliphatic heterocycles. The highest BCUT2D eigenvalue weighted by atomic mass is 16.5. The Labute approximate surface area is 121 Å². The summed E-state index contributed by atoms with van der Waals surface area (Å²) in [4.78, 5) is 25.3. The average molecular weight is 285 g/mol. The molecule has 0 spiro atoms. The second-order valence-electron chi connectivity index (χ2n) is 6.61. The van der Waals surface area contributed by atoms with Gasteiger partial charge in [0.15, 0.2) is 0 Å². The number of esters is 1. The summed E-state index contributed by atoms with van der Waals surface area (Å²) in [5.41, 5.74) is -0.521. The second kappa shape index (κ2) is 6.68. The number of morpholine rings is 1. The molecule has 20 heavy (non-hydrogen) atoms. The molecular weight excluding hydrogens is 258 g/mol. The zero-order valence-electron chi connectivity index (χ0n) is 13.3. The molecule has 0 aromatic carbocycles. The highest BCUT2D eigenvalue weighted by Crippen LogP contribution is 2.27. The molecule has 0 bridgehead atoms. The minimum absolute atomic E-state index is 0.0755. The van der Waals surface area contributed by atoms with Crippen molar-refractivity contribution < 1.29 is 19.1 Å². The Kier molecular flexibility index (Phi) is 5.71. The smallest absolute Gasteiger partial charge is 0.306 e. The molecule has 1 aliphatic rings. The van der Waals surface area contributed by atoms with Gasteiger partial charge >= 0.3 is 5.97 Å². The van der Waals surface area contributed by atoms with Crippen LogP contribution in [0.25, 0.3) is 0 Å². The topological polar surface area (TPSA) is 55.8 Å². The first-order valence-electron chi connectivity index (χ1n) is 7.23. The first-order chi connectivity index (χ1) is 9.13. The van der Waals surface area contributed by atoms with E-state index in [0.717, 1.165) is 13.1 Å². The van der Waals surface area contributed by atoms with Gasteiger partial charge in [-0.25, -0.2) is 0 Å². The van der Waals surface area contributed by atoms with Crippen LogP contribution in [0.3, 0.4) is 0 Å². The Balaban J connectivity index is 2.43. The summed E-state index contributed by atoms with van der Waals surface area (Å²) in [5.74, 6) is -0.227. The van der Waals surface area contributed by atoms with E-state index in [1.54, 1.807) is 6.92 Å². The summed E-state index contributed by atoms with van der Waals surface area (Å²) in [5, 5.41) is 0. The van der Waals surface area contributed by atoms with Gasteiger partial charge in [0.25, 0.3) is 0 Å². The van der Waals surface area contributed by atoms with Crippen LogP contribution in [-0.2, 0) is 19.1 Å². The lowest BCUT2D eigenvalue weighted by Gasteiger charge is -2.47.